The summed E-state index contributed by atoms with van der Waals surface area (Å²) >= 11 is 0. The van der Waals surface area contributed by atoms with Crippen molar-refractivity contribution in [1.29, 1.82) is 0 Å². The molecule has 0 aliphatic heterocycles. The molecule has 1 aromatic rings. The van der Waals surface area contributed by atoms with Gasteiger partial charge in [-0.1, -0.05) is 46.8 Å². The fourth-order valence-electron chi connectivity index (χ4n) is 2.84. The molecule has 0 atom stereocenters. The van der Waals surface area contributed by atoms with Gasteiger partial charge in [0.1, 0.15) is 11.9 Å². The summed E-state index contributed by atoms with van der Waals surface area (Å²) in [4.78, 5) is 0. The van der Waals surface area contributed by atoms with Crippen LogP contribution in [0, 0.1) is 0 Å². The summed E-state index contributed by atoms with van der Waals surface area (Å²) in [5.74, 6) is 1.08. The third-order valence-corrected chi connectivity index (χ3v) is 4.33. The Labute approximate surface area is 130 Å². The zero-order chi connectivity index (χ0) is 15.5. The summed E-state index contributed by atoms with van der Waals surface area (Å²) in [7, 11) is 0. The Hall–Kier alpha value is -1.02. The predicted octanol–water partition coefficient (Wildman–Crippen LogP) is 4.46. The lowest BCUT2D eigenvalue weighted by Gasteiger charge is -2.37. The van der Waals surface area contributed by atoms with E-state index in [-0.39, 0.29) is 5.41 Å². The van der Waals surface area contributed by atoms with E-state index < -0.39 is 0 Å². The molecule has 2 heteroatoms. The van der Waals surface area contributed by atoms with Gasteiger partial charge in [-0.05, 0) is 54.8 Å². The van der Waals surface area contributed by atoms with Crippen molar-refractivity contribution in [1.82, 2.24) is 5.32 Å². The van der Waals surface area contributed by atoms with Crippen LogP contribution in [0.1, 0.15) is 65.0 Å². The zero-order valence-corrected chi connectivity index (χ0v) is 14.3. The number of nitrogens with one attached hydrogen (secondary N) is 1. The third-order valence-electron chi connectivity index (χ3n) is 4.33. The van der Waals surface area contributed by atoms with E-state index in [0.29, 0.717) is 12.1 Å². The average molecular weight is 289 g/mol. The van der Waals surface area contributed by atoms with E-state index >= 15 is 0 Å². The lowest BCUT2D eigenvalue weighted by molar-refractivity contribution is 0.0833. The van der Waals surface area contributed by atoms with Gasteiger partial charge in [0.05, 0.1) is 0 Å². The van der Waals surface area contributed by atoms with E-state index in [1.807, 2.05) is 0 Å². The van der Waals surface area contributed by atoms with Crippen LogP contribution >= 0.6 is 0 Å². The fraction of sp³-hybridized carbons (Fsp3) is 0.684. The van der Waals surface area contributed by atoms with Gasteiger partial charge in [-0.15, -0.1) is 0 Å². The standard InChI is InChI=1S/C19H31NO/c1-6-10-20-15-12-16(13-15)21-18-9-8-14(7-2)11-17(18)19(3,4)5/h8-9,11,15-16,20H,6-7,10,12-13H2,1-5H3. The van der Waals surface area contributed by atoms with Gasteiger partial charge >= 0.3 is 0 Å². The van der Waals surface area contributed by atoms with E-state index in [1.165, 1.54) is 17.5 Å². The number of aryl methyl sites for hydroxylation is 1. The molecule has 1 aromatic carbocycles. The molecule has 21 heavy (non-hydrogen) atoms. The van der Waals surface area contributed by atoms with Gasteiger partial charge in [0.2, 0.25) is 0 Å². The van der Waals surface area contributed by atoms with Crippen molar-refractivity contribution in [3.63, 3.8) is 0 Å². The van der Waals surface area contributed by atoms with Crippen molar-refractivity contribution in [2.75, 3.05) is 6.54 Å². The maximum Gasteiger partial charge on any atom is 0.123 e. The summed E-state index contributed by atoms with van der Waals surface area (Å²) in [6.45, 7) is 12.3. The molecule has 1 aliphatic carbocycles. The van der Waals surface area contributed by atoms with Crippen LogP contribution in [0.4, 0.5) is 0 Å². The number of hydrogen-bond donors (Lipinski definition) is 1. The second kappa shape index (κ2) is 6.83. The van der Waals surface area contributed by atoms with Crippen molar-refractivity contribution >= 4 is 0 Å². The Bertz CT molecular complexity index is 455. The van der Waals surface area contributed by atoms with Crippen molar-refractivity contribution in [2.45, 2.75) is 77.9 Å². The van der Waals surface area contributed by atoms with Gasteiger partial charge < -0.3 is 10.1 Å². The molecule has 1 saturated carbocycles. The molecule has 0 aromatic heterocycles. The Morgan fingerprint density at radius 2 is 1.90 bits per heavy atom. The van der Waals surface area contributed by atoms with Gasteiger partial charge in [-0.3, -0.25) is 0 Å². The molecule has 1 N–H and O–H groups in total. The second-order valence-corrected chi connectivity index (χ2v) is 7.30. The minimum absolute atomic E-state index is 0.129. The highest BCUT2D eigenvalue weighted by Crippen LogP contribution is 2.35. The quantitative estimate of drug-likeness (QED) is 0.835. The van der Waals surface area contributed by atoms with Crippen LogP contribution in [0.15, 0.2) is 18.2 Å². The topological polar surface area (TPSA) is 21.3 Å². The van der Waals surface area contributed by atoms with E-state index in [2.05, 4.69) is 58.1 Å². The monoisotopic (exact) mass is 289 g/mol. The van der Waals surface area contributed by atoms with Gasteiger partial charge in [-0.2, -0.15) is 0 Å². The van der Waals surface area contributed by atoms with Crippen LogP contribution < -0.4 is 10.1 Å². The van der Waals surface area contributed by atoms with Gasteiger partial charge in [0.25, 0.3) is 0 Å². The fourth-order valence-corrected chi connectivity index (χ4v) is 2.84. The summed E-state index contributed by atoms with van der Waals surface area (Å²) in [6.07, 6.45) is 4.94. The molecule has 1 aliphatic rings. The summed E-state index contributed by atoms with van der Waals surface area (Å²) in [5, 5.41) is 3.57. The summed E-state index contributed by atoms with van der Waals surface area (Å²) in [5.41, 5.74) is 2.86. The van der Waals surface area contributed by atoms with Crippen LogP contribution in [-0.2, 0) is 11.8 Å². The summed E-state index contributed by atoms with van der Waals surface area (Å²) in [6, 6.07) is 7.35. The molecule has 0 bridgehead atoms. The molecule has 1 fully saturated rings. The van der Waals surface area contributed by atoms with Crippen LogP contribution in [0.3, 0.4) is 0 Å². The lowest BCUT2D eigenvalue weighted by Crippen LogP contribution is -2.47. The number of hydrogen-bond acceptors (Lipinski definition) is 2. The molecular formula is C19H31NO. The molecule has 0 heterocycles. The van der Waals surface area contributed by atoms with E-state index in [1.54, 1.807) is 0 Å². The van der Waals surface area contributed by atoms with Crippen LogP contribution in [-0.4, -0.2) is 18.7 Å². The average Bonchev–Trinajstić information content (AvgIpc) is 2.40. The minimum Gasteiger partial charge on any atom is -0.490 e. The minimum atomic E-state index is 0.129. The first-order chi connectivity index (χ1) is 9.94. The lowest BCUT2D eigenvalue weighted by atomic mass is 9.84. The first kappa shape index (κ1) is 16.4. The highest BCUT2D eigenvalue weighted by molar-refractivity contribution is 5.42. The predicted molar refractivity (Wildman–Crippen MR) is 90.3 cm³/mol. The van der Waals surface area contributed by atoms with Crippen LogP contribution in [0.5, 0.6) is 5.75 Å². The number of benzene rings is 1. The van der Waals surface area contributed by atoms with Crippen molar-refractivity contribution in [3.05, 3.63) is 29.3 Å². The smallest absolute Gasteiger partial charge is 0.123 e. The van der Waals surface area contributed by atoms with Gasteiger partial charge in [-0.25, -0.2) is 0 Å². The van der Waals surface area contributed by atoms with Crippen LogP contribution in [0.25, 0.3) is 0 Å². The molecule has 0 unspecified atom stereocenters. The Balaban J connectivity index is 2.01. The molecule has 0 saturated heterocycles. The van der Waals surface area contributed by atoms with Crippen LogP contribution in [0.2, 0.25) is 0 Å². The maximum absolute atomic E-state index is 6.28. The van der Waals surface area contributed by atoms with Crippen molar-refractivity contribution in [2.24, 2.45) is 0 Å². The Morgan fingerprint density at radius 3 is 2.48 bits per heavy atom. The normalized spacial score (nSPS) is 22.0. The van der Waals surface area contributed by atoms with Gasteiger partial charge in [0, 0.05) is 6.04 Å². The molecule has 0 spiro atoms. The molecule has 2 rings (SSSR count). The maximum atomic E-state index is 6.28. The van der Waals surface area contributed by atoms with E-state index in [0.717, 1.165) is 31.6 Å². The van der Waals surface area contributed by atoms with E-state index in [9.17, 15) is 0 Å². The highest BCUT2D eigenvalue weighted by atomic mass is 16.5. The zero-order valence-electron chi connectivity index (χ0n) is 14.3. The van der Waals surface area contributed by atoms with Gasteiger partial charge in [0.15, 0.2) is 0 Å². The van der Waals surface area contributed by atoms with E-state index in [4.69, 9.17) is 4.74 Å². The van der Waals surface area contributed by atoms with Crippen molar-refractivity contribution in [3.8, 4) is 5.75 Å². The molecular weight excluding hydrogens is 258 g/mol. The number of ether oxygens (including phenoxy) is 1. The third kappa shape index (κ3) is 4.23. The first-order valence-corrected chi connectivity index (χ1v) is 8.47. The molecule has 0 radical (unpaired) electrons. The summed E-state index contributed by atoms with van der Waals surface area (Å²) < 4.78 is 6.28. The highest BCUT2D eigenvalue weighted by Gasteiger charge is 2.31. The van der Waals surface area contributed by atoms with Crippen molar-refractivity contribution < 1.29 is 4.74 Å². The number of rotatable bonds is 6. The Kier molecular flexibility index (Phi) is 5.32. The molecule has 2 nitrogen and oxygen atoms in total. The molecule has 0 amide bonds. The SMILES string of the molecule is CCCNC1CC(Oc2ccc(CC)cc2C(C)(C)C)C1. The largest absolute Gasteiger partial charge is 0.490 e. The Morgan fingerprint density at radius 1 is 1.19 bits per heavy atom. The second-order valence-electron chi connectivity index (χ2n) is 7.30. The molecule has 118 valence electrons. The first-order valence-electron chi connectivity index (χ1n) is 8.47.